The molecule has 0 radical (unpaired) electrons. The molecule has 0 saturated heterocycles. The van der Waals surface area contributed by atoms with Crippen LogP contribution in [0.5, 0.6) is 0 Å². The Morgan fingerprint density at radius 2 is 0.744 bits per heavy atom. The summed E-state index contributed by atoms with van der Waals surface area (Å²) in [6, 6.07) is 0. The molecule has 1 atom stereocenters. The van der Waals surface area contributed by atoms with Gasteiger partial charge < -0.3 is 0 Å². The van der Waals surface area contributed by atoms with Crippen molar-refractivity contribution in [2.45, 2.75) is 62.3 Å². The van der Waals surface area contributed by atoms with Crippen LogP contribution in [0, 0.1) is 27.6 Å². The van der Waals surface area contributed by atoms with Gasteiger partial charge in [0.25, 0.3) is 0 Å². The van der Waals surface area contributed by atoms with E-state index in [1.165, 1.54) is 39.2 Å². The average Bonchev–Trinajstić information content (AvgIpc) is 2.80. The predicted molar refractivity (Wildman–Crippen MR) is 185 cm³/mol. The van der Waals surface area contributed by atoms with Gasteiger partial charge in [-0.1, -0.05) is 182 Å². The van der Waals surface area contributed by atoms with Gasteiger partial charge in [-0.2, -0.15) is 0 Å². The molecular weight excluding hydrogens is 569 g/mol. The van der Waals surface area contributed by atoms with Gasteiger partial charge in [0.2, 0.25) is 0 Å². The molecule has 0 aromatic carbocycles. The summed E-state index contributed by atoms with van der Waals surface area (Å²) in [4.78, 5) is 11.1. The third kappa shape index (κ3) is 7.33. The van der Waals surface area contributed by atoms with Gasteiger partial charge in [-0.3, -0.25) is 0 Å². The Kier molecular flexibility index (Phi) is 8.18. The summed E-state index contributed by atoms with van der Waals surface area (Å²) in [7, 11) is 0. The van der Waals surface area contributed by atoms with Crippen molar-refractivity contribution < 1.29 is 0 Å². The standard InChI is InChI=1S/C34H40S5/c1-22-14-23(25-16-31(2,3)10-12-35-25)37-24(15-22)27-18-33(6,7)20-29(38-27)30-21-34(8,9)19-28(39-30)26-17-32(4,5)11-13-36-26/h10-22H,1-9H3. The van der Waals surface area contributed by atoms with Crippen molar-refractivity contribution in [2.75, 3.05) is 0 Å². The third-order valence-corrected chi connectivity index (χ3v) is 12.5. The van der Waals surface area contributed by atoms with Crippen LogP contribution in [-0.2, 0) is 0 Å². The molecule has 0 N–H and O–H groups in total. The van der Waals surface area contributed by atoms with Crippen molar-refractivity contribution in [3.8, 4) is 0 Å². The highest BCUT2D eigenvalue weighted by atomic mass is 32.2. The maximum Gasteiger partial charge on any atom is 0.0228 e. The summed E-state index contributed by atoms with van der Waals surface area (Å²) in [5.74, 6) is 0.411. The number of hydrogen-bond donors (Lipinski definition) is 0. The van der Waals surface area contributed by atoms with E-state index in [4.69, 9.17) is 0 Å². The van der Waals surface area contributed by atoms with Gasteiger partial charge in [0.05, 0.1) is 0 Å². The van der Waals surface area contributed by atoms with Crippen LogP contribution in [0.1, 0.15) is 62.3 Å². The molecule has 0 aromatic heterocycles. The van der Waals surface area contributed by atoms with Gasteiger partial charge in [-0.05, 0) is 16.7 Å². The summed E-state index contributed by atoms with van der Waals surface area (Å²) in [5, 5.41) is 4.52. The van der Waals surface area contributed by atoms with Crippen molar-refractivity contribution in [2.24, 2.45) is 27.6 Å². The van der Waals surface area contributed by atoms with Crippen LogP contribution in [0.15, 0.2) is 111 Å². The minimum Gasteiger partial charge on any atom is -0.0975 e. The van der Waals surface area contributed by atoms with Crippen LogP contribution >= 0.6 is 58.8 Å². The Hall–Kier alpha value is -0.850. The van der Waals surface area contributed by atoms with Gasteiger partial charge in [-0.25, -0.2) is 0 Å². The third-order valence-electron chi connectivity index (χ3n) is 6.86. The highest BCUT2D eigenvalue weighted by Crippen LogP contribution is 2.57. The molecule has 0 spiro atoms. The minimum atomic E-state index is -0.0120. The first kappa shape index (κ1) is 29.6. The van der Waals surface area contributed by atoms with E-state index in [1.807, 2.05) is 58.8 Å². The highest BCUT2D eigenvalue weighted by molar-refractivity contribution is 8.15. The van der Waals surface area contributed by atoms with Crippen molar-refractivity contribution in [3.63, 3.8) is 0 Å². The smallest absolute Gasteiger partial charge is 0.0228 e. The second-order valence-electron chi connectivity index (χ2n) is 13.4. The Morgan fingerprint density at radius 1 is 0.436 bits per heavy atom. The molecule has 0 bridgehead atoms. The number of thioether (sulfide) groups is 5. The van der Waals surface area contributed by atoms with E-state index in [1.54, 1.807) is 0 Å². The molecule has 0 saturated carbocycles. The molecule has 5 heteroatoms. The normalized spacial score (nSPS) is 28.7. The fourth-order valence-corrected chi connectivity index (χ4v) is 11.9. The van der Waals surface area contributed by atoms with Crippen LogP contribution in [0.2, 0.25) is 0 Å². The molecule has 0 nitrogen and oxygen atoms in total. The number of hydrogen-bond acceptors (Lipinski definition) is 5. The van der Waals surface area contributed by atoms with Gasteiger partial charge in [0.15, 0.2) is 0 Å². The van der Waals surface area contributed by atoms with E-state index in [0.717, 1.165) is 0 Å². The molecule has 0 fully saturated rings. The minimum absolute atomic E-state index is 0.00374. The van der Waals surface area contributed by atoms with E-state index >= 15 is 0 Å². The largest absolute Gasteiger partial charge is 0.0975 e. The van der Waals surface area contributed by atoms with E-state index < -0.39 is 0 Å². The summed E-state index contributed by atoms with van der Waals surface area (Å²) in [5.41, 5.74) is 0.183. The van der Waals surface area contributed by atoms with Gasteiger partial charge in [-0.15, -0.1) is 0 Å². The first-order chi connectivity index (χ1) is 18.1. The first-order valence-electron chi connectivity index (χ1n) is 13.6. The summed E-state index contributed by atoms with van der Waals surface area (Å²) in [6.45, 7) is 20.8. The molecule has 0 aliphatic carbocycles. The Balaban J connectivity index is 1.41. The van der Waals surface area contributed by atoms with E-state index in [9.17, 15) is 0 Å². The lowest BCUT2D eigenvalue weighted by molar-refractivity contribution is 0.613. The summed E-state index contributed by atoms with van der Waals surface area (Å²) >= 11 is 9.56. The van der Waals surface area contributed by atoms with Crippen LogP contribution in [-0.4, -0.2) is 0 Å². The quantitative estimate of drug-likeness (QED) is 0.310. The maximum atomic E-state index is 2.48. The van der Waals surface area contributed by atoms with Crippen molar-refractivity contribution in [3.05, 3.63) is 111 Å². The lowest BCUT2D eigenvalue weighted by Crippen LogP contribution is -2.14. The fourth-order valence-electron chi connectivity index (χ4n) is 4.92. The number of allylic oxidation sites excluding steroid dienone is 10. The molecule has 5 rings (SSSR count). The van der Waals surface area contributed by atoms with Gasteiger partial charge >= 0.3 is 0 Å². The molecule has 1 unspecified atom stereocenters. The van der Waals surface area contributed by atoms with Crippen LogP contribution in [0.3, 0.4) is 0 Å². The molecule has 206 valence electrons. The Morgan fingerprint density at radius 3 is 1.18 bits per heavy atom. The molecule has 0 amide bonds. The zero-order valence-electron chi connectivity index (χ0n) is 24.5. The molecule has 0 aromatic rings. The topological polar surface area (TPSA) is 0 Å². The van der Waals surface area contributed by atoms with Crippen molar-refractivity contribution in [1.82, 2.24) is 0 Å². The molecular formula is C34H40S5. The number of rotatable bonds is 4. The summed E-state index contributed by atoms with van der Waals surface area (Å²) < 4.78 is 0. The maximum absolute atomic E-state index is 2.48. The molecule has 5 aliphatic heterocycles. The average molecular weight is 609 g/mol. The van der Waals surface area contributed by atoms with E-state index in [0.29, 0.717) is 5.92 Å². The molecule has 5 heterocycles. The second kappa shape index (κ2) is 10.8. The van der Waals surface area contributed by atoms with E-state index in [2.05, 4.69) is 134 Å². The van der Waals surface area contributed by atoms with Gasteiger partial charge in [0.1, 0.15) is 0 Å². The predicted octanol–water partition coefficient (Wildman–Crippen LogP) is 12.6. The SMILES string of the molecule is CC1C=C(C2=CC(C)(C)C=CS2)SC(C2=CC(C)(C)C=C(C3=CC(C)(C)C=C(C4=CC(C)(C)C=CS4)S3)S2)=C1. The van der Waals surface area contributed by atoms with Crippen molar-refractivity contribution >= 4 is 58.8 Å². The Labute approximate surface area is 257 Å². The van der Waals surface area contributed by atoms with Gasteiger partial charge in [0, 0.05) is 60.9 Å². The lowest BCUT2D eigenvalue weighted by atomic mass is 9.89. The fraction of sp³-hybridized carbons (Fsp3) is 0.412. The highest BCUT2D eigenvalue weighted by Gasteiger charge is 2.32. The second-order valence-corrected chi connectivity index (χ2v) is 18.6. The van der Waals surface area contributed by atoms with Crippen LogP contribution < -0.4 is 0 Å². The first-order valence-corrected chi connectivity index (χ1v) is 17.8. The monoisotopic (exact) mass is 608 g/mol. The molecule has 5 aliphatic rings. The van der Waals surface area contributed by atoms with Crippen molar-refractivity contribution in [1.29, 1.82) is 0 Å². The zero-order chi connectivity index (χ0) is 28.2. The summed E-state index contributed by atoms with van der Waals surface area (Å²) in [6.07, 6.45) is 24.2. The lowest BCUT2D eigenvalue weighted by Gasteiger charge is -2.33. The Bertz CT molecular complexity index is 1380. The molecule has 39 heavy (non-hydrogen) atoms. The zero-order valence-corrected chi connectivity index (χ0v) is 28.6. The van der Waals surface area contributed by atoms with Crippen LogP contribution in [0.4, 0.5) is 0 Å². The van der Waals surface area contributed by atoms with E-state index in [-0.39, 0.29) is 21.7 Å². The van der Waals surface area contributed by atoms with Crippen LogP contribution in [0.25, 0.3) is 0 Å².